The highest BCUT2D eigenvalue weighted by atomic mass is 35.5. The Morgan fingerprint density at radius 2 is 1.95 bits per heavy atom. The molecule has 0 fully saturated rings. The monoisotopic (exact) mass is 324 g/mol. The van der Waals surface area contributed by atoms with Crippen molar-refractivity contribution in [3.8, 4) is 0 Å². The van der Waals surface area contributed by atoms with E-state index >= 15 is 0 Å². The summed E-state index contributed by atoms with van der Waals surface area (Å²) in [5, 5.41) is 0.347. The van der Waals surface area contributed by atoms with Gasteiger partial charge in [-0.15, -0.1) is 0 Å². The van der Waals surface area contributed by atoms with E-state index in [2.05, 4.69) is 4.72 Å². The van der Waals surface area contributed by atoms with E-state index in [4.69, 9.17) is 17.3 Å². The van der Waals surface area contributed by atoms with Crippen molar-refractivity contribution in [1.82, 2.24) is 0 Å². The van der Waals surface area contributed by atoms with Gasteiger partial charge in [-0.1, -0.05) is 30.7 Å². The third-order valence-corrected chi connectivity index (χ3v) is 5.02. The van der Waals surface area contributed by atoms with Crippen LogP contribution < -0.4 is 10.5 Å². The normalized spacial score (nSPS) is 11.4. The van der Waals surface area contributed by atoms with E-state index in [1.54, 1.807) is 19.1 Å². The van der Waals surface area contributed by atoms with Crippen molar-refractivity contribution in [3.05, 3.63) is 52.5 Å². The fourth-order valence-corrected chi connectivity index (χ4v) is 3.55. The zero-order valence-electron chi connectivity index (χ0n) is 11.9. The summed E-state index contributed by atoms with van der Waals surface area (Å²) in [6.45, 7) is 3.69. The highest BCUT2D eigenvalue weighted by Gasteiger charge is 2.18. The molecule has 2 rings (SSSR count). The van der Waals surface area contributed by atoms with Crippen molar-refractivity contribution < 1.29 is 8.42 Å². The van der Waals surface area contributed by atoms with E-state index in [-0.39, 0.29) is 10.6 Å². The Kier molecular flexibility index (Phi) is 4.44. The lowest BCUT2D eigenvalue weighted by Crippen LogP contribution is -2.15. The summed E-state index contributed by atoms with van der Waals surface area (Å²) in [6.07, 6.45) is 0.836. The number of aryl methyl sites for hydroxylation is 2. The first-order valence-corrected chi connectivity index (χ1v) is 8.37. The lowest BCUT2D eigenvalue weighted by molar-refractivity contribution is 0.600. The van der Waals surface area contributed by atoms with Gasteiger partial charge in [0.05, 0.1) is 15.6 Å². The molecule has 0 amide bonds. The van der Waals surface area contributed by atoms with E-state index in [0.717, 1.165) is 12.0 Å². The number of sulfonamides is 1. The van der Waals surface area contributed by atoms with Gasteiger partial charge in [-0.25, -0.2) is 8.42 Å². The fourth-order valence-electron chi connectivity index (χ4n) is 2.02. The maximum atomic E-state index is 12.5. The molecule has 0 radical (unpaired) electrons. The van der Waals surface area contributed by atoms with Gasteiger partial charge in [-0.2, -0.15) is 0 Å². The number of nitrogen functional groups attached to an aromatic ring is 1. The molecule has 21 heavy (non-hydrogen) atoms. The number of benzene rings is 2. The summed E-state index contributed by atoms with van der Waals surface area (Å²) < 4.78 is 27.5. The maximum Gasteiger partial charge on any atom is 0.262 e. The Morgan fingerprint density at radius 3 is 2.62 bits per heavy atom. The summed E-state index contributed by atoms with van der Waals surface area (Å²) in [4.78, 5) is 0.131. The highest BCUT2D eigenvalue weighted by Crippen LogP contribution is 2.27. The van der Waals surface area contributed by atoms with Crippen molar-refractivity contribution in [2.24, 2.45) is 0 Å². The zero-order chi connectivity index (χ0) is 15.6. The van der Waals surface area contributed by atoms with Gasteiger partial charge in [0.25, 0.3) is 10.0 Å². The summed E-state index contributed by atoms with van der Waals surface area (Å²) in [7, 11) is -3.70. The van der Waals surface area contributed by atoms with Crippen molar-refractivity contribution >= 4 is 33.0 Å². The number of nitrogens with one attached hydrogen (secondary N) is 1. The second-order valence-corrected chi connectivity index (χ2v) is 6.86. The highest BCUT2D eigenvalue weighted by molar-refractivity contribution is 7.92. The zero-order valence-corrected chi connectivity index (χ0v) is 13.4. The number of nitrogens with two attached hydrogens (primary N) is 1. The fraction of sp³-hybridized carbons (Fsp3) is 0.200. The molecule has 0 saturated carbocycles. The molecule has 2 aromatic rings. The van der Waals surface area contributed by atoms with Crippen molar-refractivity contribution in [1.29, 1.82) is 0 Å². The molecule has 2 aromatic carbocycles. The second-order valence-electron chi connectivity index (χ2n) is 4.80. The van der Waals surface area contributed by atoms with Gasteiger partial charge < -0.3 is 5.73 Å². The van der Waals surface area contributed by atoms with E-state index in [0.29, 0.717) is 16.3 Å². The minimum Gasteiger partial charge on any atom is -0.397 e. The third kappa shape index (κ3) is 3.49. The van der Waals surface area contributed by atoms with Crippen LogP contribution in [0.3, 0.4) is 0 Å². The molecule has 0 aliphatic rings. The van der Waals surface area contributed by atoms with Gasteiger partial charge >= 0.3 is 0 Å². The molecule has 0 aliphatic carbocycles. The van der Waals surface area contributed by atoms with Crippen molar-refractivity contribution in [2.75, 3.05) is 10.5 Å². The van der Waals surface area contributed by atoms with E-state index in [1.807, 2.05) is 25.1 Å². The van der Waals surface area contributed by atoms with Crippen LogP contribution in [-0.4, -0.2) is 8.42 Å². The maximum absolute atomic E-state index is 12.5. The smallest absolute Gasteiger partial charge is 0.262 e. The number of hydrogen-bond acceptors (Lipinski definition) is 3. The van der Waals surface area contributed by atoms with Crippen LogP contribution in [0.4, 0.5) is 11.4 Å². The van der Waals surface area contributed by atoms with Gasteiger partial charge in [-0.3, -0.25) is 4.72 Å². The van der Waals surface area contributed by atoms with E-state index in [1.165, 1.54) is 6.07 Å². The van der Waals surface area contributed by atoms with Crippen molar-refractivity contribution in [2.45, 2.75) is 25.2 Å². The average molecular weight is 325 g/mol. The standard InChI is InChI=1S/C15H17ClN2O2S/c1-3-11-5-4-6-12(8-11)18-21(19,20)15-9-14(17)13(16)7-10(15)2/h4-9,18H,3,17H2,1-2H3. The number of hydrogen-bond donors (Lipinski definition) is 2. The molecule has 0 bridgehead atoms. The Bertz CT molecular complexity index is 773. The molecule has 0 unspecified atom stereocenters. The third-order valence-electron chi connectivity index (χ3n) is 3.17. The largest absolute Gasteiger partial charge is 0.397 e. The quantitative estimate of drug-likeness (QED) is 0.844. The molecule has 4 nitrogen and oxygen atoms in total. The summed E-state index contributed by atoms with van der Waals surface area (Å²) in [5.74, 6) is 0. The Hall–Kier alpha value is -1.72. The lowest BCUT2D eigenvalue weighted by Gasteiger charge is -2.12. The van der Waals surface area contributed by atoms with E-state index in [9.17, 15) is 8.42 Å². The Balaban J connectivity index is 2.40. The Morgan fingerprint density at radius 1 is 1.24 bits per heavy atom. The molecule has 3 N–H and O–H groups in total. The van der Waals surface area contributed by atoms with Crippen LogP contribution in [0.25, 0.3) is 0 Å². The van der Waals surface area contributed by atoms with Crippen molar-refractivity contribution in [3.63, 3.8) is 0 Å². The summed E-state index contributed by atoms with van der Waals surface area (Å²) >= 11 is 5.90. The lowest BCUT2D eigenvalue weighted by atomic mass is 10.1. The first-order valence-electron chi connectivity index (χ1n) is 6.51. The predicted molar refractivity (Wildman–Crippen MR) is 87.2 cm³/mol. The minimum atomic E-state index is -3.70. The van der Waals surface area contributed by atoms with Crippen LogP contribution in [0.2, 0.25) is 5.02 Å². The first-order chi connectivity index (χ1) is 9.83. The molecule has 0 spiro atoms. The van der Waals surface area contributed by atoms with Gasteiger partial charge in [-0.05, 0) is 48.7 Å². The van der Waals surface area contributed by atoms with Gasteiger partial charge in [0.2, 0.25) is 0 Å². The summed E-state index contributed by atoms with van der Waals surface area (Å²) in [5.41, 5.74) is 8.08. The van der Waals surface area contributed by atoms with Crippen LogP contribution in [0.1, 0.15) is 18.1 Å². The molecule has 0 aliphatic heterocycles. The molecule has 0 atom stereocenters. The topological polar surface area (TPSA) is 72.2 Å². The average Bonchev–Trinajstić information content (AvgIpc) is 2.42. The Labute approximate surface area is 130 Å². The minimum absolute atomic E-state index is 0.131. The van der Waals surface area contributed by atoms with E-state index < -0.39 is 10.0 Å². The first kappa shape index (κ1) is 15.7. The van der Waals surface area contributed by atoms with Gasteiger partial charge in [0.15, 0.2) is 0 Å². The van der Waals surface area contributed by atoms with Gasteiger partial charge in [0.1, 0.15) is 0 Å². The number of anilines is 2. The SMILES string of the molecule is CCc1cccc(NS(=O)(=O)c2cc(N)c(Cl)cc2C)c1. The van der Waals surface area contributed by atoms with Crippen LogP contribution in [0, 0.1) is 6.92 Å². The number of halogens is 1. The van der Waals surface area contributed by atoms with Crippen LogP contribution >= 0.6 is 11.6 Å². The molecular weight excluding hydrogens is 308 g/mol. The summed E-state index contributed by atoms with van der Waals surface area (Å²) in [6, 6.07) is 10.2. The molecule has 6 heteroatoms. The second kappa shape index (κ2) is 5.95. The number of rotatable bonds is 4. The molecule has 0 saturated heterocycles. The predicted octanol–water partition coefficient (Wildman–Crippen LogP) is 3.59. The van der Waals surface area contributed by atoms with Crippen LogP contribution in [0.15, 0.2) is 41.3 Å². The molecule has 0 aromatic heterocycles. The molecular formula is C15H17ClN2O2S. The van der Waals surface area contributed by atoms with Gasteiger partial charge in [0, 0.05) is 5.69 Å². The molecule has 0 heterocycles. The van der Waals surface area contributed by atoms with Crippen LogP contribution in [-0.2, 0) is 16.4 Å². The molecule has 112 valence electrons. The van der Waals surface area contributed by atoms with Crippen LogP contribution in [0.5, 0.6) is 0 Å².